The number of nitrogens with zero attached hydrogens (tertiary/aromatic N) is 2. The number of urea groups is 1. The van der Waals surface area contributed by atoms with Gasteiger partial charge in [-0.3, -0.25) is 4.72 Å². The Hall–Kier alpha value is -3.27. The molecule has 2 aromatic rings. The number of nitrogens with one attached hydrogen (secondary N) is 2. The maximum atomic E-state index is 12.5. The third-order valence-electron chi connectivity index (χ3n) is 4.89. The second-order valence-electron chi connectivity index (χ2n) is 7.22. The van der Waals surface area contributed by atoms with Crippen LogP contribution in [0.1, 0.15) is 23.6 Å². The van der Waals surface area contributed by atoms with Crippen LogP contribution in [0.2, 0.25) is 0 Å². The summed E-state index contributed by atoms with van der Waals surface area (Å²) in [6.07, 6.45) is 1.65. The van der Waals surface area contributed by atoms with Crippen LogP contribution in [-0.4, -0.2) is 58.7 Å². The summed E-state index contributed by atoms with van der Waals surface area (Å²) in [5.41, 5.74) is 3.48. The number of anilines is 1. The van der Waals surface area contributed by atoms with Crippen molar-refractivity contribution in [1.29, 1.82) is 0 Å². The van der Waals surface area contributed by atoms with Crippen molar-refractivity contribution >= 4 is 27.5 Å². The van der Waals surface area contributed by atoms with Gasteiger partial charge in [0, 0.05) is 23.9 Å². The number of methoxy groups -OCH3 is 2. The van der Waals surface area contributed by atoms with Crippen LogP contribution in [-0.2, 0) is 16.4 Å². The summed E-state index contributed by atoms with van der Waals surface area (Å²) in [5.74, 6) is 1.14. The van der Waals surface area contributed by atoms with Crippen LogP contribution < -0.4 is 19.5 Å². The van der Waals surface area contributed by atoms with E-state index in [1.165, 1.54) is 5.01 Å². The number of hydrogen-bond donors (Lipinski definition) is 2. The number of hydrogen-bond acceptors (Lipinski definition) is 6. The molecule has 0 spiro atoms. The number of carbonyl (C=O) groups is 1. The zero-order valence-electron chi connectivity index (χ0n) is 18.1. The smallest absolute Gasteiger partial charge is 0.337 e. The van der Waals surface area contributed by atoms with Gasteiger partial charge in [-0.1, -0.05) is 12.1 Å². The first kappa shape index (κ1) is 22.4. The van der Waals surface area contributed by atoms with Gasteiger partial charge in [-0.05, 0) is 43.2 Å². The molecule has 1 atom stereocenters. The van der Waals surface area contributed by atoms with Crippen molar-refractivity contribution in [2.24, 2.45) is 5.10 Å². The summed E-state index contributed by atoms with van der Waals surface area (Å²) in [4.78, 5) is 12.5. The zero-order valence-corrected chi connectivity index (χ0v) is 18.9. The second-order valence-corrected chi connectivity index (χ2v) is 8.97. The lowest BCUT2D eigenvalue weighted by Crippen LogP contribution is -2.41. The third-order valence-corrected chi connectivity index (χ3v) is 5.50. The average Bonchev–Trinajstić information content (AvgIpc) is 2.87. The molecule has 166 valence electrons. The molecule has 2 aromatic carbocycles. The molecule has 0 bridgehead atoms. The van der Waals surface area contributed by atoms with Gasteiger partial charge in [0.15, 0.2) is 11.5 Å². The number of amides is 2. The van der Waals surface area contributed by atoms with E-state index in [-0.39, 0.29) is 12.1 Å². The van der Waals surface area contributed by atoms with E-state index < -0.39 is 10.0 Å². The van der Waals surface area contributed by atoms with Crippen molar-refractivity contribution in [2.75, 3.05) is 32.2 Å². The van der Waals surface area contributed by atoms with Crippen molar-refractivity contribution in [2.45, 2.75) is 19.4 Å². The topological polar surface area (TPSA) is 109 Å². The Morgan fingerprint density at radius 1 is 1.13 bits per heavy atom. The first-order chi connectivity index (χ1) is 14.7. The van der Waals surface area contributed by atoms with Crippen molar-refractivity contribution in [3.63, 3.8) is 0 Å². The molecule has 0 saturated carbocycles. The largest absolute Gasteiger partial charge is 0.493 e. The van der Waals surface area contributed by atoms with Gasteiger partial charge in [-0.15, -0.1) is 0 Å². The number of sulfonamides is 1. The van der Waals surface area contributed by atoms with Crippen LogP contribution in [0.4, 0.5) is 10.5 Å². The molecule has 0 fully saturated rings. The van der Waals surface area contributed by atoms with Crippen LogP contribution >= 0.6 is 0 Å². The van der Waals surface area contributed by atoms with Crippen LogP contribution in [0.25, 0.3) is 0 Å². The van der Waals surface area contributed by atoms with Crippen molar-refractivity contribution < 1.29 is 22.7 Å². The highest BCUT2D eigenvalue weighted by Crippen LogP contribution is 2.34. The van der Waals surface area contributed by atoms with Gasteiger partial charge < -0.3 is 14.8 Å². The molecule has 9 nitrogen and oxygen atoms in total. The summed E-state index contributed by atoms with van der Waals surface area (Å²) >= 11 is 0. The zero-order chi connectivity index (χ0) is 22.8. The summed E-state index contributed by atoms with van der Waals surface area (Å²) < 4.78 is 36.4. The Morgan fingerprint density at radius 2 is 1.74 bits per heavy atom. The fourth-order valence-electron chi connectivity index (χ4n) is 3.46. The van der Waals surface area contributed by atoms with E-state index in [9.17, 15) is 13.2 Å². The minimum Gasteiger partial charge on any atom is -0.493 e. The molecule has 0 aromatic heterocycles. The van der Waals surface area contributed by atoms with Crippen LogP contribution in [0, 0.1) is 0 Å². The fourth-order valence-corrected chi connectivity index (χ4v) is 4.02. The SMILES string of the molecule is CNC(=O)N1N=C(c2ccc(NS(C)(=O)=O)cc2)c2cc(OC)c(OC)cc2CC1C. The Labute approximate surface area is 182 Å². The van der Waals surface area contributed by atoms with E-state index in [1.54, 1.807) is 45.5 Å². The molecule has 1 aliphatic rings. The lowest BCUT2D eigenvalue weighted by atomic mass is 9.94. The van der Waals surface area contributed by atoms with Crippen molar-refractivity contribution in [3.05, 3.63) is 53.1 Å². The van der Waals surface area contributed by atoms with Gasteiger partial charge in [-0.25, -0.2) is 18.2 Å². The molecule has 1 unspecified atom stereocenters. The number of fused-ring (bicyclic) bond motifs is 1. The van der Waals surface area contributed by atoms with Crippen molar-refractivity contribution in [3.8, 4) is 11.5 Å². The highest BCUT2D eigenvalue weighted by atomic mass is 32.2. The number of ether oxygens (including phenoxy) is 2. The van der Waals surface area contributed by atoms with Crippen LogP contribution in [0.3, 0.4) is 0 Å². The van der Waals surface area contributed by atoms with Gasteiger partial charge in [0.05, 0.1) is 32.2 Å². The second kappa shape index (κ2) is 8.84. The lowest BCUT2D eigenvalue weighted by molar-refractivity contribution is 0.184. The maximum Gasteiger partial charge on any atom is 0.337 e. The van der Waals surface area contributed by atoms with Gasteiger partial charge in [0.2, 0.25) is 10.0 Å². The Balaban J connectivity index is 2.17. The first-order valence-electron chi connectivity index (χ1n) is 9.60. The van der Waals surface area contributed by atoms with E-state index in [1.807, 2.05) is 19.1 Å². The molecule has 1 aliphatic heterocycles. The quantitative estimate of drug-likeness (QED) is 0.733. The van der Waals surface area contributed by atoms with Gasteiger partial charge in [-0.2, -0.15) is 5.10 Å². The number of hydrazone groups is 1. The summed E-state index contributed by atoms with van der Waals surface area (Å²) in [7, 11) is 1.30. The molecule has 1 heterocycles. The van der Waals surface area contributed by atoms with Crippen LogP contribution in [0.15, 0.2) is 41.5 Å². The lowest BCUT2D eigenvalue weighted by Gasteiger charge is -2.22. The standard InChI is InChI=1S/C21H26N4O5S/c1-13-10-15-11-18(29-3)19(30-4)12-17(15)20(23-25(13)21(26)22-2)14-6-8-16(9-7-14)24-31(5,27)28/h6-9,11-13,24H,10H2,1-5H3,(H,22,26). The average molecular weight is 447 g/mol. The predicted octanol–water partition coefficient (Wildman–Crippen LogP) is 2.41. The molecule has 3 rings (SSSR count). The predicted molar refractivity (Wildman–Crippen MR) is 120 cm³/mol. The Kier molecular flexibility index (Phi) is 6.40. The van der Waals surface area contributed by atoms with Gasteiger partial charge in [0.25, 0.3) is 0 Å². The molecular weight excluding hydrogens is 420 g/mol. The molecule has 0 radical (unpaired) electrons. The monoisotopic (exact) mass is 446 g/mol. The maximum absolute atomic E-state index is 12.5. The molecule has 10 heteroatoms. The minimum absolute atomic E-state index is 0.208. The number of benzene rings is 2. The van der Waals surface area contributed by atoms with Crippen LogP contribution in [0.5, 0.6) is 11.5 Å². The minimum atomic E-state index is -3.39. The first-order valence-corrected chi connectivity index (χ1v) is 11.5. The van der Waals surface area contributed by atoms with Gasteiger partial charge in [0.1, 0.15) is 0 Å². The fraction of sp³-hybridized carbons (Fsp3) is 0.333. The summed E-state index contributed by atoms with van der Waals surface area (Å²) in [5, 5.41) is 8.72. The molecule has 31 heavy (non-hydrogen) atoms. The molecule has 2 N–H and O–H groups in total. The van der Waals surface area contributed by atoms with E-state index in [0.29, 0.717) is 29.3 Å². The van der Waals surface area contributed by atoms with E-state index in [0.717, 1.165) is 22.9 Å². The normalized spacial score (nSPS) is 16.0. The van der Waals surface area contributed by atoms with E-state index >= 15 is 0 Å². The highest BCUT2D eigenvalue weighted by Gasteiger charge is 2.28. The highest BCUT2D eigenvalue weighted by molar-refractivity contribution is 7.92. The Bertz CT molecular complexity index is 1110. The van der Waals surface area contributed by atoms with E-state index in [2.05, 4.69) is 15.1 Å². The molecule has 2 amide bonds. The molecular formula is C21H26N4O5S. The van der Waals surface area contributed by atoms with E-state index in [4.69, 9.17) is 9.47 Å². The third kappa shape index (κ3) is 4.91. The summed E-state index contributed by atoms with van der Waals surface area (Å²) in [6.45, 7) is 1.92. The van der Waals surface area contributed by atoms with Gasteiger partial charge >= 0.3 is 6.03 Å². The Morgan fingerprint density at radius 3 is 2.29 bits per heavy atom. The number of rotatable bonds is 5. The molecule has 0 aliphatic carbocycles. The molecule has 0 saturated heterocycles. The number of carbonyl (C=O) groups excluding carboxylic acids is 1. The summed E-state index contributed by atoms with van der Waals surface area (Å²) in [6, 6.07) is 10.0. The van der Waals surface area contributed by atoms with Crippen molar-refractivity contribution in [1.82, 2.24) is 10.3 Å².